The number of ether oxygens (including phenoxy) is 1. The molecule has 0 saturated carbocycles. The highest BCUT2D eigenvalue weighted by Gasteiger charge is 2.43. The van der Waals surface area contributed by atoms with Gasteiger partial charge in [0, 0.05) is 12.3 Å². The first kappa shape index (κ1) is 21.5. The monoisotopic (exact) mass is 325 g/mol. The van der Waals surface area contributed by atoms with E-state index in [1.165, 1.54) is 0 Å². The zero-order chi connectivity index (χ0) is 17.7. The third-order valence-corrected chi connectivity index (χ3v) is 10.2. The van der Waals surface area contributed by atoms with E-state index < -0.39 is 8.24 Å². The lowest BCUT2D eigenvalue weighted by Gasteiger charge is -2.37. The van der Waals surface area contributed by atoms with Crippen LogP contribution in [0, 0.1) is 5.92 Å². The molecule has 0 aromatic rings. The van der Waals surface area contributed by atoms with Crippen molar-refractivity contribution < 1.29 is 4.74 Å². The van der Waals surface area contributed by atoms with Crippen molar-refractivity contribution in [3.05, 3.63) is 5.76 Å². The van der Waals surface area contributed by atoms with E-state index >= 15 is 0 Å². The Balaban J connectivity index is 5.87. The van der Waals surface area contributed by atoms with Crippen LogP contribution in [0.5, 0.6) is 0 Å². The minimum atomic E-state index is -1.80. The van der Waals surface area contributed by atoms with Gasteiger partial charge < -0.3 is 4.74 Å². The smallest absolute Gasteiger partial charge is 0.201 e. The summed E-state index contributed by atoms with van der Waals surface area (Å²) in [5, 5.41) is 0. The fourth-order valence-corrected chi connectivity index (χ4v) is 8.49. The summed E-state index contributed by atoms with van der Waals surface area (Å²) in [6, 6.07) is 0. The molecule has 0 amide bonds. The first-order chi connectivity index (χ1) is 9.82. The molecule has 0 saturated heterocycles. The topological polar surface area (TPSA) is 21.6 Å². The molecule has 2 nitrogen and oxygen atoms in total. The van der Waals surface area contributed by atoms with E-state index in [-0.39, 0.29) is 5.60 Å². The van der Waals surface area contributed by atoms with Crippen molar-refractivity contribution in [2.24, 2.45) is 10.6 Å². The Morgan fingerprint density at radius 1 is 0.909 bits per heavy atom. The Kier molecular flexibility index (Phi) is 8.15. The second kappa shape index (κ2) is 8.36. The molecular formula is C19H39NOSi. The van der Waals surface area contributed by atoms with E-state index in [4.69, 9.17) is 9.39 Å². The quantitative estimate of drug-likeness (QED) is 0.294. The number of nitrogens with zero attached hydrogens (tertiary/aromatic N) is 1. The lowest BCUT2D eigenvalue weighted by atomic mass is 10.1. The third-order valence-electron chi connectivity index (χ3n) is 4.17. The molecule has 0 aliphatic rings. The summed E-state index contributed by atoms with van der Waals surface area (Å²) in [5.74, 6) is 4.84. The average Bonchev–Trinajstić information content (AvgIpc) is 2.24. The van der Waals surface area contributed by atoms with E-state index in [0.717, 1.165) is 12.2 Å². The van der Waals surface area contributed by atoms with Gasteiger partial charge in [0.15, 0.2) is 5.76 Å². The van der Waals surface area contributed by atoms with Crippen molar-refractivity contribution in [1.29, 1.82) is 0 Å². The number of hydrogen-bond donors (Lipinski definition) is 0. The van der Waals surface area contributed by atoms with Crippen molar-refractivity contribution in [1.82, 2.24) is 0 Å². The lowest BCUT2D eigenvalue weighted by molar-refractivity contribution is 0.0476. The molecule has 0 aliphatic carbocycles. The molecule has 0 atom stereocenters. The number of allylic oxidation sites excluding steroid dienone is 1. The van der Waals surface area contributed by atoms with Gasteiger partial charge in [-0.15, -0.1) is 0 Å². The molecule has 0 aliphatic heterocycles. The Morgan fingerprint density at radius 2 is 1.32 bits per heavy atom. The molecule has 3 heteroatoms. The molecule has 130 valence electrons. The van der Waals surface area contributed by atoms with E-state index in [0.29, 0.717) is 22.5 Å². The molecule has 0 aromatic carbocycles. The minimum Gasteiger partial charge on any atom is -0.483 e. The summed E-state index contributed by atoms with van der Waals surface area (Å²) in [5.41, 5.74) is 1.63. The fraction of sp³-hybridized carbons (Fsp3) is 0.895. The van der Waals surface area contributed by atoms with Crippen LogP contribution in [0.2, 0.25) is 16.6 Å². The van der Waals surface area contributed by atoms with Gasteiger partial charge in [0.1, 0.15) is 5.60 Å². The van der Waals surface area contributed by atoms with Crippen molar-refractivity contribution in [3.8, 4) is 0 Å². The third kappa shape index (κ3) is 6.30. The summed E-state index contributed by atoms with van der Waals surface area (Å²) >= 11 is 0. The second-order valence-electron chi connectivity index (χ2n) is 8.81. The fourth-order valence-electron chi connectivity index (χ4n) is 3.40. The Bertz CT molecular complexity index is 374. The van der Waals surface area contributed by atoms with E-state index in [1.54, 1.807) is 0 Å². The first-order valence-corrected chi connectivity index (χ1v) is 11.0. The largest absolute Gasteiger partial charge is 0.483 e. The van der Waals surface area contributed by atoms with Gasteiger partial charge in [-0.2, -0.15) is 0 Å². The van der Waals surface area contributed by atoms with Gasteiger partial charge in [-0.05, 0) is 43.3 Å². The summed E-state index contributed by atoms with van der Waals surface area (Å²) < 4.78 is 11.2. The maximum atomic E-state index is 6.12. The Hall–Kier alpha value is -0.533. The van der Waals surface area contributed by atoms with Crippen LogP contribution < -0.4 is 0 Å². The predicted octanol–water partition coefficient (Wildman–Crippen LogP) is 6.58. The normalized spacial score (nSPS) is 13.0. The molecule has 0 unspecified atom stereocenters. The predicted molar refractivity (Wildman–Crippen MR) is 102 cm³/mol. The maximum absolute atomic E-state index is 6.12. The van der Waals surface area contributed by atoms with Crippen LogP contribution in [0.25, 0.3) is 0 Å². The van der Waals surface area contributed by atoms with Gasteiger partial charge in [0.25, 0.3) is 0 Å². The molecule has 0 bridgehead atoms. The van der Waals surface area contributed by atoms with Gasteiger partial charge in [-0.1, -0.05) is 55.4 Å². The molecule has 0 radical (unpaired) electrons. The van der Waals surface area contributed by atoms with Crippen LogP contribution in [-0.4, -0.2) is 19.7 Å². The highest BCUT2D eigenvalue weighted by atomic mass is 28.3. The summed E-state index contributed by atoms with van der Waals surface area (Å²) in [6.45, 7) is 24.6. The summed E-state index contributed by atoms with van der Waals surface area (Å²) in [7, 11) is -1.80. The standard InChI is InChI=1S/C19H39NOSi/c1-14(2)12-18(21-19(9,10)11)13-20-22(15(3)4,16(5)6)17(7)8/h14-17H,12H2,1-11H3. The summed E-state index contributed by atoms with van der Waals surface area (Å²) in [6.07, 6.45) is 0.902. The molecule has 0 N–H and O–H groups in total. The van der Waals surface area contributed by atoms with E-state index in [2.05, 4.69) is 82.0 Å². The molecule has 22 heavy (non-hydrogen) atoms. The number of rotatable bonds is 7. The van der Waals surface area contributed by atoms with Crippen LogP contribution in [0.15, 0.2) is 10.4 Å². The molecule has 0 aromatic heterocycles. The van der Waals surface area contributed by atoms with Gasteiger partial charge in [0.05, 0.1) is 0 Å². The van der Waals surface area contributed by atoms with Crippen molar-refractivity contribution in [3.63, 3.8) is 0 Å². The molecule has 0 spiro atoms. The zero-order valence-electron chi connectivity index (χ0n) is 16.9. The number of hydrogen-bond acceptors (Lipinski definition) is 2. The minimum absolute atomic E-state index is 0.190. The van der Waals surface area contributed by atoms with Crippen molar-refractivity contribution in [2.75, 3.05) is 0 Å². The summed E-state index contributed by atoms with van der Waals surface area (Å²) in [4.78, 5) is 0. The van der Waals surface area contributed by atoms with Crippen molar-refractivity contribution in [2.45, 2.75) is 105 Å². The van der Waals surface area contributed by atoms with Crippen LogP contribution in [0.1, 0.15) is 82.6 Å². The Labute approximate surface area is 140 Å². The van der Waals surface area contributed by atoms with E-state index in [1.807, 2.05) is 0 Å². The SMILES string of the molecule is CC(C)CC(=C=N[Si](C(C)C)(C(C)C)C(C)C)OC(C)(C)C. The average molecular weight is 326 g/mol. The van der Waals surface area contributed by atoms with Crippen LogP contribution in [-0.2, 0) is 4.74 Å². The van der Waals surface area contributed by atoms with E-state index in [9.17, 15) is 0 Å². The zero-order valence-corrected chi connectivity index (χ0v) is 17.9. The molecular weight excluding hydrogens is 286 g/mol. The molecule has 0 fully saturated rings. The van der Waals surface area contributed by atoms with Gasteiger partial charge in [-0.25, -0.2) is 0 Å². The van der Waals surface area contributed by atoms with Crippen LogP contribution >= 0.6 is 0 Å². The van der Waals surface area contributed by atoms with Gasteiger partial charge >= 0.3 is 0 Å². The lowest BCUT2D eigenvalue weighted by Crippen LogP contribution is -2.42. The highest BCUT2D eigenvalue weighted by Crippen LogP contribution is 2.42. The van der Waals surface area contributed by atoms with Gasteiger partial charge in [-0.3, -0.25) is 4.66 Å². The first-order valence-electron chi connectivity index (χ1n) is 8.85. The molecule has 0 heterocycles. The molecule has 0 rings (SSSR count). The van der Waals surface area contributed by atoms with Crippen LogP contribution in [0.4, 0.5) is 0 Å². The maximum Gasteiger partial charge on any atom is 0.201 e. The van der Waals surface area contributed by atoms with Crippen LogP contribution in [0.3, 0.4) is 0 Å². The van der Waals surface area contributed by atoms with Crippen molar-refractivity contribution >= 4 is 14.1 Å². The second-order valence-corrected chi connectivity index (χ2v) is 14.3. The highest BCUT2D eigenvalue weighted by molar-refractivity contribution is 6.82. The van der Waals surface area contributed by atoms with Gasteiger partial charge in [0.2, 0.25) is 8.24 Å². The Morgan fingerprint density at radius 3 is 1.59 bits per heavy atom.